The van der Waals surface area contributed by atoms with Crippen molar-refractivity contribution >= 4 is 28.0 Å². The fraction of sp³-hybridized carbons (Fsp3) is 0.452. The number of aliphatic hydroxyl groups excluding tert-OH is 1. The van der Waals surface area contributed by atoms with Crippen LogP contribution in [0.2, 0.25) is 0 Å². The number of imidazole rings is 1. The predicted octanol–water partition coefficient (Wildman–Crippen LogP) is 6.45. The van der Waals surface area contributed by atoms with Gasteiger partial charge in [-0.1, -0.05) is 69.3 Å². The van der Waals surface area contributed by atoms with Crippen molar-refractivity contribution in [1.82, 2.24) is 19.9 Å². The molecule has 2 aromatic heterocycles. The molecule has 0 radical (unpaired) electrons. The Kier molecular flexibility index (Phi) is 12.9. The number of aryl methyl sites for hydroxylation is 1. The third kappa shape index (κ3) is 9.33. The number of hydrogen-bond donors (Lipinski definition) is 2. The van der Waals surface area contributed by atoms with E-state index in [-0.39, 0.29) is 19.2 Å². The molecule has 0 saturated carbocycles. The summed E-state index contributed by atoms with van der Waals surface area (Å²) >= 11 is 0. The van der Waals surface area contributed by atoms with Crippen molar-refractivity contribution < 1.29 is 19.4 Å². The molecule has 1 amide bonds. The molecule has 0 fully saturated rings. The first-order chi connectivity index (χ1) is 18.8. The molecule has 0 aliphatic carbocycles. The number of rotatable bonds is 8. The maximum Gasteiger partial charge on any atom is 0.407 e. The summed E-state index contributed by atoms with van der Waals surface area (Å²) in [6.45, 7) is 12.4. The minimum atomic E-state index is -0.574. The molecule has 0 saturated heterocycles. The van der Waals surface area contributed by atoms with Gasteiger partial charge in [-0.3, -0.25) is 4.98 Å². The quantitative estimate of drug-likeness (QED) is 0.268. The fourth-order valence-corrected chi connectivity index (χ4v) is 4.06. The molecule has 2 aromatic carbocycles. The number of aromatic nitrogens is 3. The van der Waals surface area contributed by atoms with E-state index in [2.05, 4.69) is 17.2 Å². The van der Waals surface area contributed by atoms with E-state index in [1.54, 1.807) is 13.3 Å². The van der Waals surface area contributed by atoms with Crippen LogP contribution in [-0.4, -0.2) is 51.6 Å². The molecular formula is C31H44N4O4. The standard InChI is InChI=1S/C21H28N4O3.C8H10O.C2H6/c1-5-8-18-24-17-12-22-16-10-7-6-9-15(16)19(17)25(18)14(13-26)11-23-20(27)28-21(2,3)4;1-9-7-8-5-3-2-4-6-8;1-2/h6-7,9-10,12,14,26H,5,8,11,13H2,1-4H3,(H,23,27);2-6H,7H2,1H3;1-2H3/t14-;;/m0../s1. The van der Waals surface area contributed by atoms with Crippen molar-refractivity contribution in [3.63, 3.8) is 0 Å². The largest absolute Gasteiger partial charge is 0.444 e. The first kappa shape index (κ1) is 31.7. The Morgan fingerprint density at radius 1 is 1.05 bits per heavy atom. The topological polar surface area (TPSA) is 98.5 Å². The van der Waals surface area contributed by atoms with Crippen LogP contribution in [0.5, 0.6) is 0 Å². The van der Waals surface area contributed by atoms with Gasteiger partial charge in [-0.2, -0.15) is 0 Å². The summed E-state index contributed by atoms with van der Waals surface area (Å²) in [6.07, 6.45) is 2.96. The lowest BCUT2D eigenvalue weighted by atomic mass is 10.1. The summed E-state index contributed by atoms with van der Waals surface area (Å²) in [5.74, 6) is 0.876. The normalized spacial score (nSPS) is 11.7. The van der Waals surface area contributed by atoms with Crippen LogP contribution in [0.1, 0.15) is 65.4 Å². The van der Waals surface area contributed by atoms with Gasteiger partial charge in [0.2, 0.25) is 0 Å². The van der Waals surface area contributed by atoms with E-state index in [9.17, 15) is 9.90 Å². The number of carbonyl (C=O) groups is 1. The molecule has 8 heteroatoms. The Morgan fingerprint density at radius 2 is 1.72 bits per heavy atom. The second kappa shape index (κ2) is 15.8. The van der Waals surface area contributed by atoms with E-state index in [0.29, 0.717) is 6.61 Å². The average molecular weight is 537 g/mol. The molecule has 4 rings (SSSR count). The number of methoxy groups -OCH3 is 1. The van der Waals surface area contributed by atoms with Gasteiger partial charge in [0, 0.05) is 25.5 Å². The number of alkyl carbamates (subject to hydrolysis) is 1. The van der Waals surface area contributed by atoms with Crippen LogP contribution in [0, 0.1) is 0 Å². The van der Waals surface area contributed by atoms with Crippen molar-refractivity contribution in [2.24, 2.45) is 0 Å². The van der Waals surface area contributed by atoms with Crippen molar-refractivity contribution in [1.29, 1.82) is 0 Å². The number of para-hydroxylation sites is 1. The highest BCUT2D eigenvalue weighted by Gasteiger charge is 2.22. The number of amides is 1. The van der Waals surface area contributed by atoms with Gasteiger partial charge in [0.1, 0.15) is 16.9 Å². The summed E-state index contributed by atoms with van der Waals surface area (Å²) in [5.41, 5.74) is 3.24. The van der Waals surface area contributed by atoms with Crippen LogP contribution in [0.3, 0.4) is 0 Å². The van der Waals surface area contributed by atoms with Crippen LogP contribution in [-0.2, 0) is 22.5 Å². The highest BCUT2D eigenvalue weighted by molar-refractivity contribution is 6.02. The van der Waals surface area contributed by atoms with Gasteiger partial charge in [0.25, 0.3) is 0 Å². The van der Waals surface area contributed by atoms with Gasteiger partial charge < -0.3 is 24.5 Å². The zero-order chi connectivity index (χ0) is 28.8. The molecule has 212 valence electrons. The predicted molar refractivity (Wildman–Crippen MR) is 158 cm³/mol. The Bertz CT molecular complexity index is 1280. The number of carbonyl (C=O) groups excluding carboxylic acids is 1. The first-order valence-corrected chi connectivity index (χ1v) is 13.6. The van der Waals surface area contributed by atoms with Gasteiger partial charge >= 0.3 is 6.09 Å². The monoisotopic (exact) mass is 536 g/mol. The van der Waals surface area contributed by atoms with Gasteiger partial charge in [-0.25, -0.2) is 9.78 Å². The number of fused-ring (bicyclic) bond motifs is 3. The van der Waals surface area contributed by atoms with Crippen LogP contribution < -0.4 is 5.32 Å². The maximum absolute atomic E-state index is 12.1. The summed E-state index contributed by atoms with van der Waals surface area (Å²) < 4.78 is 12.3. The molecule has 0 spiro atoms. The van der Waals surface area contributed by atoms with Crippen molar-refractivity contribution in [3.05, 3.63) is 72.2 Å². The van der Waals surface area contributed by atoms with Crippen LogP contribution in [0.25, 0.3) is 21.9 Å². The summed E-state index contributed by atoms with van der Waals surface area (Å²) in [7, 11) is 1.70. The second-order valence-electron chi connectivity index (χ2n) is 9.80. The Balaban J connectivity index is 0.000000407. The molecular weight excluding hydrogens is 492 g/mol. The first-order valence-electron chi connectivity index (χ1n) is 13.6. The highest BCUT2D eigenvalue weighted by atomic mass is 16.6. The number of hydrogen-bond acceptors (Lipinski definition) is 6. The van der Waals surface area contributed by atoms with Crippen molar-refractivity contribution in [2.75, 3.05) is 20.3 Å². The van der Waals surface area contributed by atoms with Gasteiger partial charge in [0.05, 0.1) is 36.5 Å². The third-order valence-electron chi connectivity index (χ3n) is 5.58. The smallest absolute Gasteiger partial charge is 0.407 e. The lowest BCUT2D eigenvalue weighted by Crippen LogP contribution is -2.37. The maximum atomic E-state index is 12.1. The Morgan fingerprint density at radius 3 is 2.33 bits per heavy atom. The molecule has 0 bridgehead atoms. The Labute approximate surface area is 232 Å². The molecule has 39 heavy (non-hydrogen) atoms. The van der Waals surface area contributed by atoms with E-state index < -0.39 is 11.7 Å². The summed E-state index contributed by atoms with van der Waals surface area (Å²) in [4.78, 5) is 21.3. The molecule has 8 nitrogen and oxygen atoms in total. The van der Waals surface area contributed by atoms with Crippen LogP contribution >= 0.6 is 0 Å². The molecule has 1 atom stereocenters. The zero-order valence-corrected chi connectivity index (χ0v) is 24.4. The third-order valence-corrected chi connectivity index (χ3v) is 5.58. The number of benzene rings is 2. The molecule has 4 aromatic rings. The number of pyridine rings is 1. The lowest BCUT2D eigenvalue weighted by Gasteiger charge is -2.23. The average Bonchev–Trinajstić information content (AvgIpc) is 3.29. The van der Waals surface area contributed by atoms with Crippen molar-refractivity contribution in [3.8, 4) is 0 Å². The molecule has 0 unspecified atom stereocenters. The number of nitrogens with zero attached hydrogens (tertiary/aromatic N) is 3. The molecule has 2 heterocycles. The second-order valence-corrected chi connectivity index (χ2v) is 9.80. The van der Waals surface area contributed by atoms with Crippen LogP contribution in [0.15, 0.2) is 60.8 Å². The van der Waals surface area contributed by atoms with Gasteiger partial charge in [-0.05, 0) is 38.8 Å². The Hall–Kier alpha value is -3.49. The number of nitrogens with one attached hydrogen (secondary N) is 1. The van der Waals surface area contributed by atoms with Crippen LogP contribution in [0.4, 0.5) is 4.79 Å². The van der Waals surface area contributed by atoms with Gasteiger partial charge in [0.15, 0.2) is 0 Å². The SMILES string of the molecule is CC.CCCc1nc2cnc3ccccc3c2n1[C@H](CO)CNC(=O)OC(C)(C)C.COCc1ccccc1. The van der Waals surface area contributed by atoms with E-state index in [1.807, 2.05) is 93.8 Å². The van der Waals surface area contributed by atoms with Gasteiger partial charge in [-0.15, -0.1) is 0 Å². The molecule has 0 aliphatic heterocycles. The minimum absolute atomic E-state index is 0.130. The number of aliphatic hydroxyl groups is 1. The van der Waals surface area contributed by atoms with E-state index in [1.165, 1.54) is 5.56 Å². The highest BCUT2D eigenvalue weighted by Crippen LogP contribution is 2.28. The molecule has 0 aliphatic rings. The van der Waals surface area contributed by atoms with Crippen molar-refractivity contribution in [2.45, 2.75) is 72.6 Å². The van der Waals surface area contributed by atoms with E-state index in [4.69, 9.17) is 14.5 Å². The summed E-state index contributed by atoms with van der Waals surface area (Å²) in [5, 5.41) is 13.9. The van der Waals surface area contributed by atoms with E-state index in [0.717, 1.165) is 40.6 Å². The zero-order valence-electron chi connectivity index (χ0n) is 24.4. The molecule has 2 N–H and O–H groups in total. The lowest BCUT2D eigenvalue weighted by molar-refractivity contribution is 0.0514. The fourth-order valence-electron chi connectivity index (χ4n) is 4.06. The van der Waals surface area contributed by atoms with E-state index >= 15 is 0 Å². The summed E-state index contributed by atoms with van der Waals surface area (Å²) in [6, 6.07) is 17.6. The number of ether oxygens (including phenoxy) is 2. The minimum Gasteiger partial charge on any atom is -0.444 e.